The van der Waals surface area contributed by atoms with E-state index in [2.05, 4.69) is 45.8 Å². The average molecular weight is 795 g/mol. The number of fused-ring (bicyclic) bond motifs is 2. The molecule has 46 heavy (non-hydrogen) atoms. The summed E-state index contributed by atoms with van der Waals surface area (Å²) in [4.78, 5) is 0. The minimum atomic E-state index is -4.39. The molecule has 2 unspecified atom stereocenters. The van der Waals surface area contributed by atoms with Gasteiger partial charge in [-0.25, -0.2) is 0 Å². The van der Waals surface area contributed by atoms with Crippen molar-refractivity contribution < 1.29 is 44.4 Å². The van der Waals surface area contributed by atoms with Crippen LogP contribution in [0.1, 0.15) is 66.4 Å². The first-order chi connectivity index (χ1) is 21.8. The van der Waals surface area contributed by atoms with Crippen LogP contribution < -0.4 is 0 Å². The molecule has 7 heteroatoms. The molecule has 0 nitrogen and oxygen atoms in total. The number of hydrogen-bond acceptors (Lipinski definition) is 0. The summed E-state index contributed by atoms with van der Waals surface area (Å²) in [5.41, 5.74) is 6.74. The zero-order chi connectivity index (χ0) is 32.5. The third-order valence-corrected chi connectivity index (χ3v) is 38.3. The van der Waals surface area contributed by atoms with E-state index >= 15 is 0 Å². The third-order valence-electron chi connectivity index (χ3n) is 11.1. The number of alkyl halides is 6. The van der Waals surface area contributed by atoms with Gasteiger partial charge in [-0.2, -0.15) is 0 Å². The first kappa shape index (κ1) is 31.3. The molecule has 4 aromatic carbocycles. The molecule has 1 saturated carbocycles. The van der Waals surface area contributed by atoms with Crippen LogP contribution in [-0.2, 0) is 30.4 Å². The molecule has 2 atom stereocenters. The maximum atomic E-state index is 13.3. The van der Waals surface area contributed by atoms with Crippen LogP contribution in [0.15, 0.2) is 97.1 Å². The molecule has 3 aliphatic rings. The van der Waals surface area contributed by atoms with Crippen LogP contribution in [-0.4, -0.2) is 3.26 Å². The van der Waals surface area contributed by atoms with Gasteiger partial charge < -0.3 is 0 Å². The molecule has 0 heterocycles. The second-order valence-corrected chi connectivity index (χ2v) is 39.6. The first-order valence-electron chi connectivity index (χ1n) is 15.8. The van der Waals surface area contributed by atoms with Crippen LogP contribution in [0.5, 0.6) is 0 Å². The van der Waals surface area contributed by atoms with Crippen molar-refractivity contribution >= 4 is 15.4 Å². The van der Waals surface area contributed by atoms with Gasteiger partial charge >= 0.3 is 267 Å². The Morgan fingerprint density at radius 3 is 1.30 bits per heavy atom. The fourth-order valence-corrected chi connectivity index (χ4v) is 33.7. The molecule has 1 fully saturated rings. The maximum absolute atomic E-state index is 13.3. The van der Waals surface area contributed by atoms with Crippen molar-refractivity contribution in [1.82, 2.24) is 0 Å². The van der Waals surface area contributed by atoms with Crippen molar-refractivity contribution in [3.63, 3.8) is 0 Å². The third kappa shape index (κ3) is 4.96. The SMILES string of the molecule is [CH3][Hf]([CH3])(=[C]1CCCC1)([CH]1C=Cc2c(-c3ccc(C(F)(F)F)cc3)cccc21)[CH]1C=Cc2c(-c3ccc(C(F)(F)F)cc3)cccc21. The van der Waals surface area contributed by atoms with Crippen molar-refractivity contribution in [2.45, 2.75) is 54.7 Å². The van der Waals surface area contributed by atoms with Crippen LogP contribution in [0.4, 0.5) is 26.3 Å². The van der Waals surface area contributed by atoms with E-state index in [0.717, 1.165) is 70.5 Å². The summed E-state index contributed by atoms with van der Waals surface area (Å²) in [5, 5.41) is 0. The average Bonchev–Trinajstić information content (AvgIpc) is 3.81. The van der Waals surface area contributed by atoms with E-state index in [-0.39, 0.29) is 7.35 Å². The zero-order valence-corrected chi connectivity index (χ0v) is 29.2. The van der Waals surface area contributed by atoms with Gasteiger partial charge in [0, 0.05) is 0 Å². The summed E-state index contributed by atoms with van der Waals surface area (Å²) >= 11 is -4.24. The molecule has 0 amide bonds. The van der Waals surface area contributed by atoms with Gasteiger partial charge in [-0.1, -0.05) is 0 Å². The van der Waals surface area contributed by atoms with Crippen LogP contribution in [0.2, 0.25) is 9.36 Å². The second kappa shape index (κ2) is 10.9. The first-order valence-corrected chi connectivity index (χ1v) is 28.9. The zero-order valence-electron chi connectivity index (χ0n) is 25.6. The standard InChI is InChI=1S/2C16H10F3.C5H8.2CH3.Hf/c2*17-16(18,19)13-9-7-12(8-10-13)15-6-2-4-11-3-1-5-14(11)15;1-2-4-5-3-1;;;/h2*1-10H;1-4H2;2*1H3;. The fraction of sp³-hybridized carbons (Fsp3) is 0.256. The van der Waals surface area contributed by atoms with Gasteiger partial charge in [0.2, 0.25) is 0 Å². The van der Waals surface area contributed by atoms with Gasteiger partial charge in [-0.15, -0.1) is 0 Å². The Hall–Kier alpha value is -3.32. The Labute approximate surface area is 266 Å². The Bertz CT molecular complexity index is 1830. The predicted molar refractivity (Wildman–Crippen MR) is 173 cm³/mol. The second-order valence-electron chi connectivity index (χ2n) is 13.9. The van der Waals surface area contributed by atoms with Gasteiger partial charge in [0.15, 0.2) is 0 Å². The van der Waals surface area contributed by atoms with Gasteiger partial charge in [-0.05, 0) is 0 Å². The molecular weight excluding hydrogens is 761 g/mol. The summed E-state index contributed by atoms with van der Waals surface area (Å²) in [6, 6.07) is 23.3. The normalized spacial score (nSPS) is 19.5. The van der Waals surface area contributed by atoms with E-state index < -0.39 is 41.5 Å². The van der Waals surface area contributed by atoms with E-state index in [1.165, 1.54) is 24.0 Å². The Morgan fingerprint density at radius 1 is 0.543 bits per heavy atom. The number of benzene rings is 4. The van der Waals surface area contributed by atoms with Crippen molar-refractivity contribution in [2.75, 3.05) is 0 Å². The Balaban J connectivity index is 1.34. The van der Waals surface area contributed by atoms with Crippen molar-refractivity contribution in [3.8, 4) is 22.3 Å². The molecule has 236 valence electrons. The monoisotopic (exact) mass is 796 g/mol. The summed E-state index contributed by atoms with van der Waals surface area (Å²) < 4.78 is 87.1. The van der Waals surface area contributed by atoms with E-state index in [1.807, 2.05) is 24.3 Å². The van der Waals surface area contributed by atoms with E-state index in [1.54, 1.807) is 27.5 Å². The predicted octanol–water partition coefficient (Wildman–Crippen LogP) is 12.4. The molecule has 0 bridgehead atoms. The molecule has 7 rings (SSSR count). The Morgan fingerprint density at radius 2 is 0.935 bits per heavy atom. The molecule has 4 aromatic rings. The van der Waals surface area contributed by atoms with Crippen molar-refractivity contribution in [2.24, 2.45) is 0 Å². The van der Waals surface area contributed by atoms with Gasteiger partial charge in [0.1, 0.15) is 0 Å². The minimum absolute atomic E-state index is 0.213. The van der Waals surface area contributed by atoms with E-state index in [0.29, 0.717) is 0 Å². The molecular formula is C39H34F6Hf. The molecule has 0 aliphatic heterocycles. The van der Waals surface area contributed by atoms with Crippen LogP contribution in [0.3, 0.4) is 0 Å². The molecule has 3 aliphatic carbocycles. The summed E-state index contributed by atoms with van der Waals surface area (Å²) in [5.74, 6) is 0. The molecule has 0 saturated heterocycles. The van der Waals surface area contributed by atoms with E-state index in [9.17, 15) is 26.3 Å². The van der Waals surface area contributed by atoms with Crippen LogP contribution in [0, 0.1) is 0 Å². The summed E-state index contributed by atoms with van der Waals surface area (Å²) in [6.45, 7) is 0. The Kier molecular flexibility index (Phi) is 7.39. The number of halogens is 6. The molecule has 0 aromatic heterocycles. The van der Waals surface area contributed by atoms with Gasteiger partial charge in [-0.3, -0.25) is 0 Å². The topological polar surface area (TPSA) is 0 Å². The molecule has 0 radical (unpaired) electrons. The number of rotatable bonds is 4. The molecule has 0 N–H and O–H groups in total. The number of hydrogen-bond donors (Lipinski definition) is 0. The van der Waals surface area contributed by atoms with E-state index in [4.69, 9.17) is 0 Å². The van der Waals surface area contributed by atoms with Crippen LogP contribution in [0.25, 0.3) is 34.4 Å². The summed E-state index contributed by atoms with van der Waals surface area (Å²) in [7, 11) is 0. The van der Waals surface area contributed by atoms with Gasteiger partial charge in [0.25, 0.3) is 0 Å². The van der Waals surface area contributed by atoms with Gasteiger partial charge in [0.05, 0.1) is 0 Å². The van der Waals surface area contributed by atoms with Crippen LogP contribution >= 0.6 is 0 Å². The number of allylic oxidation sites excluding steroid dienone is 2. The van der Waals surface area contributed by atoms with Crippen molar-refractivity contribution in [3.05, 3.63) is 130 Å². The molecule has 0 spiro atoms. The van der Waals surface area contributed by atoms with Crippen molar-refractivity contribution in [1.29, 1.82) is 0 Å². The fourth-order valence-electron chi connectivity index (χ4n) is 8.63. The summed E-state index contributed by atoms with van der Waals surface area (Å²) in [6.07, 6.45) is 4.90. The quantitative estimate of drug-likeness (QED) is 0.143.